The Labute approximate surface area is 73.2 Å². The summed E-state index contributed by atoms with van der Waals surface area (Å²) in [7, 11) is 0. The van der Waals surface area contributed by atoms with Crippen molar-refractivity contribution in [2.75, 3.05) is 0 Å². The molecule has 1 aromatic heterocycles. The number of nitrogens with one attached hydrogen (secondary N) is 1. The highest BCUT2D eigenvalue weighted by Gasteiger charge is 2.35. The number of imidazole rings is 1. The SMILES string of the molecule is FC(F)(F)c1ncc(C2CCC2)[nH]1. The van der Waals surface area contributed by atoms with Crippen LogP contribution < -0.4 is 0 Å². The molecule has 0 radical (unpaired) electrons. The summed E-state index contributed by atoms with van der Waals surface area (Å²) in [6.45, 7) is 0. The van der Waals surface area contributed by atoms with E-state index in [4.69, 9.17) is 0 Å². The Bertz CT molecular complexity index is 299. The van der Waals surface area contributed by atoms with Crippen LogP contribution in [0.25, 0.3) is 0 Å². The van der Waals surface area contributed by atoms with E-state index in [1.54, 1.807) is 0 Å². The molecule has 13 heavy (non-hydrogen) atoms. The summed E-state index contributed by atoms with van der Waals surface area (Å²) in [5.74, 6) is -0.613. The van der Waals surface area contributed by atoms with Gasteiger partial charge in [-0.3, -0.25) is 0 Å². The standard InChI is InChI=1S/C8H9F3N2/c9-8(10,11)7-12-4-6(13-7)5-2-1-3-5/h4-5H,1-3H2,(H,12,13). The van der Waals surface area contributed by atoms with Gasteiger partial charge in [0.25, 0.3) is 0 Å². The summed E-state index contributed by atoms with van der Waals surface area (Å²) in [6.07, 6.45) is -0.00132. The van der Waals surface area contributed by atoms with Crippen molar-refractivity contribution in [1.82, 2.24) is 9.97 Å². The fraction of sp³-hybridized carbons (Fsp3) is 0.625. The summed E-state index contributed by atoms with van der Waals surface area (Å²) >= 11 is 0. The molecular weight excluding hydrogens is 181 g/mol. The molecule has 0 atom stereocenters. The van der Waals surface area contributed by atoms with Gasteiger partial charge in [-0.15, -0.1) is 0 Å². The third kappa shape index (κ3) is 1.55. The Hall–Kier alpha value is -1.00. The van der Waals surface area contributed by atoms with E-state index in [1.807, 2.05) is 0 Å². The Morgan fingerprint density at radius 2 is 2.08 bits per heavy atom. The fourth-order valence-electron chi connectivity index (χ4n) is 1.41. The monoisotopic (exact) mass is 190 g/mol. The second kappa shape index (κ2) is 2.75. The first-order valence-corrected chi connectivity index (χ1v) is 4.19. The quantitative estimate of drug-likeness (QED) is 0.724. The molecule has 0 amide bonds. The van der Waals surface area contributed by atoms with Crippen LogP contribution in [0.3, 0.4) is 0 Å². The molecule has 0 spiro atoms. The van der Waals surface area contributed by atoms with Crippen molar-refractivity contribution in [2.45, 2.75) is 31.4 Å². The third-order valence-electron chi connectivity index (χ3n) is 2.41. The molecule has 1 aliphatic rings. The smallest absolute Gasteiger partial charge is 0.338 e. The third-order valence-corrected chi connectivity index (χ3v) is 2.41. The van der Waals surface area contributed by atoms with Crippen LogP contribution in [0.2, 0.25) is 0 Å². The minimum absolute atomic E-state index is 0.267. The van der Waals surface area contributed by atoms with E-state index in [-0.39, 0.29) is 5.92 Å². The molecule has 0 saturated heterocycles. The highest BCUT2D eigenvalue weighted by molar-refractivity contribution is 5.11. The van der Waals surface area contributed by atoms with Gasteiger partial charge in [-0.25, -0.2) is 4.98 Å². The number of aromatic nitrogens is 2. The molecule has 2 rings (SSSR count). The lowest BCUT2D eigenvalue weighted by atomic mass is 9.83. The van der Waals surface area contributed by atoms with Gasteiger partial charge >= 0.3 is 6.18 Å². The maximum atomic E-state index is 12.1. The number of nitrogens with zero attached hydrogens (tertiary/aromatic N) is 1. The summed E-state index contributed by atoms with van der Waals surface area (Å²) in [5.41, 5.74) is 0.624. The topological polar surface area (TPSA) is 28.7 Å². The number of aromatic amines is 1. The van der Waals surface area contributed by atoms with Gasteiger partial charge in [0.1, 0.15) is 0 Å². The van der Waals surface area contributed by atoms with Crippen molar-refractivity contribution in [2.24, 2.45) is 0 Å². The molecule has 1 fully saturated rings. The Morgan fingerprint density at radius 3 is 2.46 bits per heavy atom. The highest BCUT2D eigenvalue weighted by atomic mass is 19.4. The lowest BCUT2D eigenvalue weighted by Crippen LogP contribution is -2.11. The normalized spacial score (nSPS) is 18.7. The van der Waals surface area contributed by atoms with Crippen LogP contribution in [0.5, 0.6) is 0 Å². The number of hydrogen-bond acceptors (Lipinski definition) is 1. The van der Waals surface area contributed by atoms with Crippen LogP contribution in [0.15, 0.2) is 6.20 Å². The van der Waals surface area contributed by atoms with Crippen molar-refractivity contribution >= 4 is 0 Å². The van der Waals surface area contributed by atoms with Gasteiger partial charge in [0.05, 0.1) is 0 Å². The first kappa shape index (κ1) is 8.59. The molecule has 0 aromatic carbocycles. The van der Waals surface area contributed by atoms with Crippen molar-refractivity contribution in [3.05, 3.63) is 17.7 Å². The van der Waals surface area contributed by atoms with Crippen molar-refractivity contribution < 1.29 is 13.2 Å². The van der Waals surface area contributed by atoms with E-state index < -0.39 is 12.0 Å². The lowest BCUT2D eigenvalue weighted by Gasteiger charge is -2.23. The molecular formula is C8H9F3N2. The van der Waals surface area contributed by atoms with E-state index in [9.17, 15) is 13.2 Å². The zero-order valence-corrected chi connectivity index (χ0v) is 6.86. The van der Waals surface area contributed by atoms with E-state index in [2.05, 4.69) is 9.97 Å². The lowest BCUT2D eigenvalue weighted by molar-refractivity contribution is -0.144. The van der Waals surface area contributed by atoms with Crippen LogP contribution in [0.1, 0.15) is 36.7 Å². The number of rotatable bonds is 1. The highest BCUT2D eigenvalue weighted by Crippen LogP contribution is 2.36. The number of alkyl halides is 3. The molecule has 0 bridgehead atoms. The number of hydrogen-bond donors (Lipinski definition) is 1. The Morgan fingerprint density at radius 1 is 1.38 bits per heavy atom. The summed E-state index contributed by atoms with van der Waals surface area (Å²) < 4.78 is 36.3. The molecule has 5 heteroatoms. The van der Waals surface area contributed by atoms with Gasteiger partial charge in [0, 0.05) is 17.8 Å². The van der Waals surface area contributed by atoms with Crippen LogP contribution in [0, 0.1) is 0 Å². The van der Waals surface area contributed by atoms with Crippen molar-refractivity contribution in [1.29, 1.82) is 0 Å². The molecule has 2 nitrogen and oxygen atoms in total. The number of H-pyrrole nitrogens is 1. The van der Waals surface area contributed by atoms with Crippen molar-refractivity contribution in [3.63, 3.8) is 0 Å². The largest absolute Gasteiger partial charge is 0.449 e. The Balaban J connectivity index is 2.17. The van der Waals surface area contributed by atoms with Gasteiger partial charge in [0.2, 0.25) is 5.82 Å². The maximum Gasteiger partial charge on any atom is 0.449 e. The van der Waals surface area contributed by atoms with Gasteiger partial charge < -0.3 is 4.98 Å². The van der Waals surface area contributed by atoms with Gasteiger partial charge in [-0.2, -0.15) is 13.2 Å². The van der Waals surface area contributed by atoms with Crippen LogP contribution in [-0.4, -0.2) is 9.97 Å². The molecule has 1 heterocycles. The van der Waals surface area contributed by atoms with E-state index in [0.29, 0.717) is 5.69 Å². The molecule has 1 saturated carbocycles. The van der Waals surface area contributed by atoms with E-state index in [1.165, 1.54) is 6.20 Å². The molecule has 1 aromatic rings. The first-order chi connectivity index (χ1) is 6.07. The summed E-state index contributed by atoms with van der Waals surface area (Å²) in [6, 6.07) is 0. The Kier molecular flexibility index (Phi) is 1.82. The van der Waals surface area contributed by atoms with Gasteiger partial charge in [-0.05, 0) is 12.8 Å². The first-order valence-electron chi connectivity index (χ1n) is 4.19. The minimum Gasteiger partial charge on any atom is -0.338 e. The van der Waals surface area contributed by atoms with Crippen LogP contribution >= 0.6 is 0 Å². The second-order valence-electron chi connectivity index (χ2n) is 3.31. The number of halogens is 3. The zero-order chi connectivity index (χ0) is 9.47. The molecule has 1 aliphatic carbocycles. The summed E-state index contributed by atoms with van der Waals surface area (Å²) in [5, 5.41) is 0. The fourth-order valence-corrected chi connectivity index (χ4v) is 1.41. The molecule has 72 valence electrons. The average molecular weight is 190 g/mol. The van der Waals surface area contributed by atoms with Gasteiger partial charge in [-0.1, -0.05) is 6.42 Å². The maximum absolute atomic E-state index is 12.1. The van der Waals surface area contributed by atoms with Gasteiger partial charge in [0.15, 0.2) is 0 Å². The predicted octanol–water partition coefficient (Wildman–Crippen LogP) is 2.70. The molecule has 0 aliphatic heterocycles. The summed E-state index contributed by atoms with van der Waals surface area (Å²) in [4.78, 5) is 5.63. The molecule has 0 unspecified atom stereocenters. The van der Waals surface area contributed by atoms with E-state index >= 15 is 0 Å². The average Bonchev–Trinajstić information content (AvgIpc) is 2.29. The van der Waals surface area contributed by atoms with Crippen molar-refractivity contribution in [3.8, 4) is 0 Å². The minimum atomic E-state index is -4.35. The van der Waals surface area contributed by atoms with Crippen LogP contribution in [0.4, 0.5) is 13.2 Å². The van der Waals surface area contributed by atoms with Crippen LogP contribution in [-0.2, 0) is 6.18 Å². The predicted molar refractivity (Wildman–Crippen MR) is 40.2 cm³/mol. The second-order valence-corrected chi connectivity index (χ2v) is 3.31. The zero-order valence-electron chi connectivity index (χ0n) is 6.86. The molecule has 1 N–H and O–H groups in total. The van der Waals surface area contributed by atoms with E-state index in [0.717, 1.165) is 19.3 Å².